The predicted octanol–water partition coefficient (Wildman–Crippen LogP) is 4.12. The molecule has 1 unspecified atom stereocenters. The number of thiophene rings is 1. The van der Waals surface area contributed by atoms with Gasteiger partial charge in [-0.25, -0.2) is 4.79 Å². The molecule has 1 atom stereocenters. The number of hydrogen-bond acceptors (Lipinski definition) is 6. The largest absolute Gasteiger partial charge is 0.481 e. The quantitative estimate of drug-likeness (QED) is 0.603. The summed E-state index contributed by atoms with van der Waals surface area (Å²) < 4.78 is 10.7. The van der Waals surface area contributed by atoms with E-state index in [-0.39, 0.29) is 16.5 Å². The third-order valence-corrected chi connectivity index (χ3v) is 5.90. The van der Waals surface area contributed by atoms with E-state index >= 15 is 0 Å². The van der Waals surface area contributed by atoms with Crippen LogP contribution in [-0.2, 0) is 9.53 Å². The van der Waals surface area contributed by atoms with Gasteiger partial charge in [-0.05, 0) is 44.9 Å². The second-order valence-electron chi connectivity index (χ2n) is 6.55. The van der Waals surface area contributed by atoms with Crippen LogP contribution in [-0.4, -0.2) is 49.0 Å². The Balaban J connectivity index is 2.34. The Morgan fingerprint density at radius 3 is 2.27 bits per heavy atom. The van der Waals surface area contributed by atoms with Crippen LogP contribution in [0.25, 0.3) is 0 Å². The van der Waals surface area contributed by atoms with Gasteiger partial charge >= 0.3 is 5.97 Å². The highest BCUT2D eigenvalue weighted by Gasteiger charge is 2.29. The van der Waals surface area contributed by atoms with E-state index in [4.69, 9.17) is 9.47 Å². The first-order chi connectivity index (χ1) is 14.4. The van der Waals surface area contributed by atoms with Gasteiger partial charge in [-0.1, -0.05) is 25.1 Å². The number of para-hydroxylation sites is 1. The van der Waals surface area contributed by atoms with Crippen LogP contribution < -0.4 is 10.1 Å². The van der Waals surface area contributed by atoms with Crippen LogP contribution in [0, 0.1) is 6.92 Å². The molecule has 0 aliphatic rings. The molecule has 0 saturated heterocycles. The van der Waals surface area contributed by atoms with E-state index in [0.29, 0.717) is 35.7 Å². The molecule has 1 N–H and O–H groups in total. The van der Waals surface area contributed by atoms with Crippen LogP contribution in [0.1, 0.15) is 52.8 Å². The topological polar surface area (TPSA) is 84.9 Å². The molecule has 0 fully saturated rings. The molecular weight excluding hydrogens is 404 g/mol. The number of nitrogens with one attached hydrogen (secondary N) is 1. The highest BCUT2D eigenvalue weighted by molar-refractivity contribution is 7.18. The van der Waals surface area contributed by atoms with Gasteiger partial charge in [0.05, 0.1) is 17.6 Å². The zero-order valence-corrected chi connectivity index (χ0v) is 18.8. The van der Waals surface area contributed by atoms with Gasteiger partial charge in [-0.2, -0.15) is 0 Å². The molecule has 0 spiro atoms. The molecule has 8 heteroatoms. The van der Waals surface area contributed by atoms with Crippen LogP contribution >= 0.6 is 11.3 Å². The van der Waals surface area contributed by atoms with Gasteiger partial charge in [0.25, 0.3) is 11.8 Å². The number of nitrogens with zero attached hydrogens (tertiary/aromatic N) is 1. The summed E-state index contributed by atoms with van der Waals surface area (Å²) in [5, 5.41) is 3.06. The number of ether oxygens (including phenoxy) is 2. The first kappa shape index (κ1) is 23.4. The number of amides is 2. The van der Waals surface area contributed by atoms with Crippen molar-refractivity contribution in [1.82, 2.24) is 4.90 Å². The number of carbonyl (C=O) groups excluding carboxylic acids is 3. The second kappa shape index (κ2) is 10.8. The van der Waals surface area contributed by atoms with Gasteiger partial charge in [-0.3, -0.25) is 9.59 Å². The Morgan fingerprint density at radius 1 is 1.10 bits per heavy atom. The zero-order valence-electron chi connectivity index (χ0n) is 18.0. The van der Waals surface area contributed by atoms with Crippen molar-refractivity contribution >= 4 is 34.1 Å². The third kappa shape index (κ3) is 5.18. The summed E-state index contributed by atoms with van der Waals surface area (Å²) in [6.45, 7) is 8.40. The molecule has 2 amide bonds. The second-order valence-corrected chi connectivity index (χ2v) is 7.57. The van der Waals surface area contributed by atoms with Gasteiger partial charge in [0, 0.05) is 13.1 Å². The van der Waals surface area contributed by atoms with E-state index in [1.165, 1.54) is 7.11 Å². The van der Waals surface area contributed by atoms with Crippen molar-refractivity contribution < 1.29 is 23.9 Å². The Kier molecular flexibility index (Phi) is 8.41. The van der Waals surface area contributed by atoms with Crippen LogP contribution in [0.15, 0.2) is 30.3 Å². The highest BCUT2D eigenvalue weighted by Crippen LogP contribution is 2.35. The van der Waals surface area contributed by atoms with Crippen molar-refractivity contribution in [3.05, 3.63) is 46.3 Å². The van der Waals surface area contributed by atoms with Gasteiger partial charge in [0.1, 0.15) is 10.8 Å². The van der Waals surface area contributed by atoms with Gasteiger partial charge in [0.2, 0.25) is 0 Å². The van der Waals surface area contributed by atoms with Crippen molar-refractivity contribution in [2.75, 3.05) is 25.5 Å². The van der Waals surface area contributed by atoms with Crippen LogP contribution in [0.4, 0.5) is 5.00 Å². The lowest BCUT2D eigenvalue weighted by atomic mass is 10.1. The molecule has 0 saturated carbocycles. The van der Waals surface area contributed by atoms with Gasteiger partial charge in [-0.15, -0.1) is 11.3 Å². The van der Waals surface area contributed by atoms with Crippen molar-refractivity contribution in [3.8, 4) is 5.75 Å². The van der Waals surface area contributed by atoms with E-state index in [1.807, 2.05) is 39.0 Å². The minimum absolute atomic E-state index is 0.180. The summed E-state index contributed by atoms with van der Waals surface area (Å²) in [6.07, 6.45) is -0.314. The Labute approximate surface area is 181 Å². The van der Waals surface area contributed by atoms with Gasteiger partial charge in [0.15, 0.2) is 6.10 Å². The minimum atomic E-state index is -0.748. The molecular formula is C22H28N2O5S. The highest BCUT2D eigenvalue weighted by atomic mass is 32.1. The molecule has 162 valence electrons. The molecule has 2 rings (SSSR count). The summed E-state index contributed by atoms with van der Waals surface area (Å²) in [4.78, 5) is 40.2. The van der Waals surface area contributed by atoms with E-state index < -0.39 is 18.0 Å². The lowest BCUT2D eigenvalue weighted by molar-refractivity contribution is -0.122. The summed E-state index contributed by atoms with van der Waals surface area (Å²) >= 11 is 1.08. The summed E-state index contributed by atoms with van der Waals surface area (Å²) in [7, 11) is 1.27. The molecule has 2 aromatic rings. The van der Waals surface area contributed by atoms with Crippen LogP contribution in [0.3, 0.4) is 0 Å². The SMILES string of the molecule is CCC(Oc1ccccc1)C(=O)Nc1sc(C(=O)N(CC)CC)c(C)c1C(=O)OC. The molecule has 0 aliphatic carbocycles. The lowest BCUT2D eigenvalue weighted by Crippen LogP contribution is -2.32. The summed E-state index contributed by atoms with van der Waals surface area (Å²) in [6, 6.07) is 9.05. The van der Waals surface area contributed by atoms with Gasteiger partial charge < -0.3 is 19.7 Å². The number of esters is 1. The predicted molar refractivity (Wildman–Crippen MR) is 117 cm³/mol. The number of methoxy groups -OCH3 is 1. The summed E-state index contributed by atoms with van der Waals surface area (Å²) in [5.74, 6) is -0.600. The molecule has 0 bridgehead atoms. The number of rotatable bonds is 9. The van der Waals surface area contributed by atoms with E-state index in [2.05, 4.69) is 5.32 Å². The standard InChI is InChI=1S/C22H28N2O5S/c1-6-16(29-15-12-10-9-11-13-15)19(25)23-20-17(22(27)28-5)14(4)18(30-20)21(26)24(7-2)8-3/h9-13,16H,6-8H2,1-5H3,(H,23,25). The Morgan fingerprint density at radius 2 is 1.73 bits per heavy atom. The number of hydrogen-bond donors (Lipinski definition) is 1. The third-order valence-electron chi connectivity index (χ3n) is 4.70. The average molecular weight is 433 g/mol. The van der Waals surface area contributed by atoms with Crippen molar-refractivity contribution in [1.29, 1.82) is 0 Å². The first-order valence-electron chi connectivity index (χ1n) is 9.91. The maximum atomic E-state index is 12.9. The molecule has 1 heterocycles. The molecule has 7 nitrogen and oxygen atoms in total. The molecule has 1 aromatic heterocycles. The number of benzene rings is 1. The van der Waals surface area contributed by atoms with Crippen molar-refractivity contribution in [2.45, 2.75) is 40.2 Å². The Hall–Kier alpha value is -2.87. The maximum absolute atomic E-state index is 12.9. The lowest BCUT2D eigenvalue weighted by Gasteiger charge is -2.18. The smallest absolute Gasteiger partial charge is 0.341 e. The maximum Gasteiger partial charge on any atom is 0.341 e. The fourth-order valence-corrected chi connectivity index (χ4v) is 4.15. The van der Waals surface area contributed by atoms with E-state index in [9.17, 15) is 14.4 Å². The fraction of sp³-hybridized carbons (Fsp3) is 0.409. The van der Waals surface area contributed by atoms with Crippen LogP contribution in [0.5, 0.6) is 5.75 Å². The zero-order chi connectivity index (χ0) is 22.3. The normalized spacial score (nSPS) is 11.5. The summed E-state index contributed by atoms with van der Waals surface area (Å²) in [5.41, 5.74) is 0.692. The minimum Gasteiger partial charge on any atom is -0.481 e. The number of carbonyl (C=O) groups is 3. The monoisotopic (exact) mass is 432 g/mol. The van der Waals surface area contributed by atoms with E-state index in [1.54, 1.807) is 24.0 Å². The Bertz CT molecular complexity index is 890. The molecule has 30 heavy (non-hydrogen) atoms. The number of anilines is 1. The average Bonchev–Trinajstić information content (AvgIpc) is 3.08. The van der Waals surface area contributed by atoms with Crippen molar-refractivity contribution in [2.24, 2.45) is 0 Å². The van der Waals surface area contributed by atoms with E-state index in [0.717, 1.165) is 11.3 Å². The molecule has 1 aromatic carbocycles. The first-order valence-corrected chi connectivity index (χ1v) is 10.7. The fourth-order valence-electron chi connectivity index (χ4n) is 2.99. The van der Waals surface area contributed by atoms with Crippen LogP contribution in [0.2, 0.25) is 0 Å². The van der Waals surface area contributed by atoms with Crippen molar-refractivity contribution in [3.63, 3.8) is 0 Å². The molecule has 0 radical (unpaired) electrons. The molecule has 0 aliphatic heterocycles.